The predicted octanol–water partition coefficient (Wildman–Crippen LogP) is 1.98. The molecule has 0 spiro atoms. The normalized spacial score (nSPS) is 11.5. The molecule has 0 atom stereocenters. The molecule has 0 radical (unpaired) electrons. The number of nitrogens with one attached hydrogen (secondary N) is 1. The van der Waals surface area contributed by atoms with Gasteiger partial charge >= 0.3 is 0 Å². The van der Waals surface area contributed by atoms with E-state index in [1.807, 2.05) is 13.8 Å². The van der Waals surface area contributed by atoms with Gasteiger partial charge in [0.05, 0.1) is 41.2 Å². The van der Waals surface area contributed by atoms with Crippen molar-refractivity contribution in [2.75, 3.05) is 20.8 Å². The van der Waals surface area contributed by atoms with Gasteiger partial charge in [0.25, 0.3) is 5.56 Å². The van der Waals surface area contributed by atoms with Crippen LogP contribution < -0.4 is 19.8 Å². The van der Waals surface area contributed by atoms with Crippen molar-refractivity contribution in [1.82, 2.24) is 19.5 Å². The van der Waals surface area contributed by atoms with Crippen molar-refractivity contribution in [3.8, 4) is 22.1 Å². The van der Waals surface area contributed by atoms with Crippen LogP contribution in [0.5, 0.6) is 11.5 Å². The number of benzene rings is 1. The van der Waals surface area contributed by atoms with Crippen molar-refractivity contribution < 1.29 is 17.9 Å². The minimum Gasteiger partial charge on any atom is -0.493 e. The maximum atomic E-state index is 12.6. The summed E-state index contributed by atoms with van der Waals surface area (Å²) in [5.74, 6) is 0.735. The third-order valence-corrected chi connectivity index (χ3v) is 6.84. The molecule has 0 unspecified atom stereocenters. The van der Waals surface area contributed by atoms with Crippen LogP contribution in [-0.2, 0) is 16.6 Å². The molecule has 0 saturated heterocycles. The fourth-order valence-electron chi connectivity index (χ4n) is 2.85. The Morgan fingerprint density at radius 1 is 1.10 bits per heavy atom. The van der Waals surface area contributed by atoms with Crippen molar-refractivity contribution in [2.45, 2.75) is 25.3 Å². The molecule has 0 bridgehead atoms. The van der Waals surface area contributed by atoms with E-state index in [-0.39, 0.29) is 23.5 Å². The van der Waals surface area contributed by atoms with Crippen LogP contribution in [0.4, 0.5) is 0 Å². The molecule has 3 rings (SSSR count). The maximum absolute atomic E-state index is 12.6. The summed E-state index contributed by atoms with van der Waals surface area (Å²) in [4.78, 5) is 17.4. The van der Waals surface area contributed by atoms with Crippen molar-refractivity contribution in [2.24, 2.45) is 0 Å². The minimum atomic E-state index is -3.80. The summed E-state index contributed by atoms with van der Waals surface area (Å²) >= 11 is 1.49. The van der Waals surface area contributed by atoms with Gasteiger partial charge < -0.3 is 9.47 Å². The van der Waals surface area contributed by atoms with Crippen LogP contribution in [0.1, 0.15) is 10.7 Å². The molecule has 1 N–H and O–H groups in total. The van der Waals surface area contributed by atoms with Crippen molar-refractivity contribution in [3.63, 3.8) is 0 Å². The van der Waals surface area contributed by atoms with Crippen LogP contribution in [0.2, 0.25) is 0 Å². The first-order valence-electron chi connectivity index (χ1n) is 8.99. The average Bonchev–Trinajstić information content (AvgIpc) is 3.06. The van der Waals surface area contributed by atoms with Crippen LogP contribution in [0, 0.1) is 13.8 Å². The molecular weight excluding hydrogens is 428 g/mol. The average molecular weight is 451 g/mol. The zero-order chi connectivity index (χ0) is 21.9. The zero-order valence-corrected chi connectivity index (χ0v) is 18.6. The standard InChI is InChI=1S/C19H22N4O5S2/c1-12-19(29-13(2)21-12)15-6-8-18(24)23(22-15)10-9-20-30(25,26)14-5-7-16(27-3)17(11-14)28-4/h5-8,11,20H,9-10H2,1-4H3. The fourth-order valence-corrected chi connectivity index (χ4v) is 4.77. The number of sulfonamides is 1. The largest absolute Gasteiger partial charge is 0.493 e. The van der Waals surface area contributed by atoms with Crippen LogP contribution >= 0.6 is 11.3 Å². The number of hydrogen-bond donors (Lipinski definition) is 1. The molecule has 0 aliphatic carbocycles. The van der Waals surface area contributed by atoms with Gasteiger partial charge in [0.15, 0.2) is 11.5 Å². The Balaban J connectivity index is 1.75. The number of rotatable bonds is 8. The second-order valence-electron chi connectivity index (χ2n) is 6.34. The zero-order valence-electron chi connectivity index (χ0n) is 17.0. The van der Waals surface area contributed by atoms with E-state index in [0.29, 0.717) is 17.2 Å². The monoisotopic (exact) mass is 450 g/mol. The highest BCUT2D eigenvalue weighted by Gasteiger charge is 2.17. The fraction of sp³-hybridized carbons (Fsp3) is 0.316. The van der Waals surface area contributed by atoms with E-state index in [0.717, 1.165) is 15.6 Å². The van der Waals surface area contributed by atoms with Crippen LogP contribution in [0.15, 0.2) is 40.0 Å². The number of nitrogens with zero attached hydrogens (tertiary/aromatic N) is 3. The third kappa shape index (κ3) is 4.69. The number of aromatic nitrogens is 3. The van der Waals surface area contributed by atoms with Gasteiger partial charge in [-0.3, -0.25) is 4.79 Å². The summed E-state index contributed by atoms with van der Waals surface area (Å²) in [5, 5.41) is 5.27. The van der Waals surface area contributed by atoms with Crippen molar-refractivity contribution >= 4 is 21.4 Å². The van der Waals surface area contributed by atoms with E-state index in [2.05, 4.69) is 14.8 Å². The highest BCUT2D eigenvalue weighted by atomic mass is 32.2. The smallest absolute Gasteiger partial charge is 0.266 e. The van der Waals surface area contributed by atoms with Gasteiger partial charge in [0.1, 0.15) is 5.69 Å². The first-order valence-corrected chi connectivity index (χ1v) is 11.3. The van der Waals surface area contributed by atoms with Crippen LogP contribution in [-0.4, -0.2) is 43.9 Å². The third-order valence-electron chi connectivity index (χ3n) is 4.28. The molecule has 2 aromatic heterocycles. The van der Waals surface area contributed by atoms with E-state index in [1.165, 1.54) is 54.5 Å². The number of thiazole rings is 1. The van der Waals surface area contributed by atoms with Gasteiger partial charge in [-0.2, -0.15) is 5.10 Å². The second-order valence-corrected chi connectivity index (χ2v) is 9.31. The SMILES string of the molecule is COc1ccc(S(=O)(=O)NCCn2nc(-c3sc(C)nc3C)ccc2=O)cc1OC. The van der Waals surface area contributed by atoms with Crippen LogP contribution in [0.25, 0.3) is 10.6 Å². The molecule has 0 aliphatic rings. The molecule has 1 aromatic carbocycles. The molecular formula is C19H22N4O5S2. The van der Waals surface area contributed by atoms with E-state index < -0.39 is 10.0 Å². The van der Waals surface area contributed by atoms with E-state index in [1.54, 1.807) is 6.07 Å². The Kier molecular flexibility index (Phi) is 6.54. The number of hydrogen-bond acceptors (Lipinski definition) is 8. The molecule has 2 heterocycles. The number of aryl methyl sites for hydroxylation is 2. The maximum Gasteiger partial charge on any atom is 0.266 e. The van der Waals surface area contributed by atoms with Gasteiger partial charge in [-0.25, -0.2) is 22.8 Å². The lowest BCUT2D eigenvalue weighted by molar-refractivity contribution is 0.354. The van der Waals surface area contributed by atoms with Gasteiger partial charge in [0.2, 0.25) is 10.0 Å². The first kappa shape index (κ1) is 21.9. The number of ether oxygens (including phenoxy) is 2. The Labute approximate surface area is 178 Å². The summed E-state index contributed by atoms with van der Waals surface area (Å²) in [6, 6.07) is 7.37. The van der Waals surface area contributed by atoms with E-state index in [4.69, 9.17) is 9.47 Å². The van der Waals surface area contributed by atoms with Crippen molar-refractivity contribution in [1.29, 1.82) is 0 Å². The quantitative estimate of drug-likeness (QED) is 0.558. The second kappa shape index (κ2) is 8.94. The lowest BCUT2D eigenvalue weighted by Crippen LogP contribution is -2.32. The summed E-state index contributed by atoms with van der Waals surface area (Å²) in [6.07, 6.45) is 0. The Morgan fingerprint density at radius 2 is 1.83 bits per heavy atom. The summed E-state index contributed by atoms with van der Waals surface area (Å²) in [5.41, 5.74) is 1.15. The number of methoxy groups -OCH3 is 2. The lowest BCUT2D eigenvalue weighted by Gasteiger charge is -2.11. The molecule has 9 nitrogen and oxygen atoms in total. The minimum absolute atomic E-state index is 0.00621. The molecule has 0 saturated carbocycles. The van der Waals surface area contributed by atoms with E-state index >= 15 is 0 Å². The predicted molar refractivity (Wildman–Crippen MR) is 114 cm³/mol. The van der Waals surface area contributed by atoms with Gasteiger partial charge in [-0.1, -0.05) is 0 Å². The van der Waals surface area contributed by atoms with Crippen molar-refractivity contribution in [3.05, 3.63) is 51.4 Å². The highest BCUT2D eigenvalue weighted by Crippen LogP contribution is 2.29. The molecule has 11 heteroatoms. The topological polar surface area (TPSA) is 112 Å². The molecule has 3 aromatic rings. The highest BCUT2D eigenvalue weighted by molar-refractivity contribution is 7.89. The Morgan fingerprint density at radius 3 is 2.47 bits per heavy atom. The van der Waals surface area contributed by atoms with Crippen LogP contribution in [0.3, 0.4) is 0 Å². The summed E-state index contributed by atoms with van der Waals surface area (Å²) in [7, 11) is -0.903. The first-order chi connectivity index (χ1) is 14.2. The Hall–Kier alpha value is -2.76. The van der Waals surface area contributed by atoms with Gasteiger partial charge in [-0.05, 0) is 32.0 Å². The Bertz CT molecular complexity index is 1220. The molecule has 160 valence electrons. The molecule has 0 fully saturated rings. The summed E-state index contributed by atoms with van der Waals surface area (Å²) in [6.45, 7) is 3.86. The van der Waals surface area contributed by atoms with Gasteiger partial charge in [-0.15, -0.1) is 11.3 Å². The summed E-state index contributed by atoms with van der Waals surface area (Å²) < 4.78 is 39.2. The molecule has 0 amide bonds. The van der Waals surface area contributed by atoms with Gasteiger partial charge in [0, 0.05) is 18.7 Å². The molecule has 0 aliphatic heterocycles. The molecule has 30 heavy (non-hydrogen) atoms. The lowest BCUT2D eigenvalue weighted by atomic mass is 10.3. The van der Waals surface area contributed by atoms with E-state index in [9.17, 15) is 13.2 Å².